The summed E-state index contributed by atoms with van der Waals surface area (Å²) >= 11 is 0. The van der Waals surface area contributed by atoms with Crippen LogP contribution in [0.4, 0.5) is 5.69 Å². The summed E-state index contributed by atoms with van der Waals surface area (Å²) < 4.78 is 5.36. The van der Waals surface area contributed by atoms with E-state index in [1.54, 1.807) is 24.3 Å². The summed E-state index contributed by atoms with van der Waals surface area (Å²) in [4.78, 5) is 38.0. The van der Waals surface area contributed by atoms with Gasteiger partial charge in [0.25, 0.3) is 17.7 Å². The average molecular weight is 324 g/mol. The molecule has 0 atom stereocenters. The molecule has 1 N–H and O–H groups in total. The Morgan fingerprint density at radius 3 is 2.33 bits per heavy atom. The quantitative estimate of drug-likeness (QED) is 0.875. The van der Waals surface area contributed by atoms with Crippen LogP contribution in [0.2, 0.25) is 0 Å². The molecular formula is C18H16N2O4. The summed E-state index contributed by atoms with van der Waals surface area (Å²) in [6, 6.07) is 11.2. The van der Waals surface area contributed by atoms with Crippen LogP contribution >= 0.6 is 0 Å². The summed E-state index contributed by atoms with van der Waals surface area (Å²) in [5, 5.41) is 2.50. The Bertz CT molecular complexity index is 827. The molecule has 2 aromatic rings. The molecule has 0 saturated carbocycles. The Balaban J connectivity index is 1.96. The van der Waals surface area contributed by atoms with Gasteiger partial charge >= 0.3 is 0 Å². The SMILES string of the molecule is CCOc1ccc(N2C(=O)c3ccc(C(=O)NC)cc3C2=O)cc1. The van der Waals surface area contributed by atoms with Crippen molar-refractivity contribution >= 4 is 23.4 Å². The monoisotopic (exact) mass is 324 g/mol. The molecule has 0 unspecified atom stereocenters. The third-order valence-corrected chi connectivity index (χ3v) is 3.78. The molecule has 0 aromatic heterocycles. The van der Waals surface area contributed by atoms with Gasteiger partial charge in [-0.05, 0) is 49.4 Å². The standard InChI is InChI=1S/C18H16N2O4/c1-3-24-13-7-5-12(6-8-13)20-17(22)14-9-4-11(16(21)19-2)10-15(14)18(20)23/h4-10H,3H2,1-2H3,(H,19,21). The summed E-state index contributed by atoms with van der Waals surface area (Å²) in [6.45, 7) is 2.41. The van der Waals surface area contributed by atoms with Crippen molar-refractivity contribution in [2.75, 3.05) is 18.6 Å². The second-order valence-corrected chi connectivity index (χ2v) is 5.21. The number of nitrogens with one attached hydrogen (secondary N) is 1. The third kappa shape index (κ3) is 2.52. The molecule has 6 heteroatoms. The molecule has 0 bridgehead atoms. The fourth-order valence-corrected chi connectivity index (χ4v) is 2.62. The highest BCUT2D eigenvalue weighted by Gasteiger charge is 2.37. The van der Waals surface area contributed by atoms with E-state index in [0.717, 1.165) is 4.90 Å². The van der Waals surface area contributed by atoms with Crippen LogP contribution in [0.1, 0.15) is 38.0 Å². The van der Waals surface area contributed by atoms with Crippen LogP contribution in [0.15, 0.2) is 42.5 Å². The molecule has 122 valence electrons. The number of amides is 3. The largest absolute Gasteiger partial charge is 0.494 e. The van der Waals surface area contributed by atoms with E-state index in [9.17, 15) is 14.4 Å². The van der Waals surface area contributed by atoms with Crippen LogP contribution in [0, 0.1) is 0 Å². The maximum absolute atomic E-state index is 12.6. The number of hydrogen-bond donors (Lipinski definition) is 1. The second-order valence-electron chi connectivity index (χ2n) is 5.21. The summed E-state index contributed by atoms with van der Waals surface area (Å²) in [5.41, 5.74) is 1.33. The Hall–Kier alpha value is -3.15. The first kappa shape index (κ1) is 15.7. The van der Waals surface area contributed by atoms with Gasteiger partial charge in [0, 0.05) is 12.6 Å². The highest BCUT2D eigenvalue weighted by atomic mass is 16.5. The Labute approximate surface area is 139 Å². The molecule has 0 aliphatic carbocycles. The Morgan fingerprint density at radius 2 is 1.71 bits per heavy atom. The third-order valence-electron chi connectivity index (χ3n) is 3.78. The molecular weight excluding hydrogens is 308 g/mol. The van der Waals surface area contributed by atoms with Gasteiger partial charge < -0.3 is 10.1 Å². The van der Waals surface area contributed by atoms with Crippen molar-refractivity contribution in [2.24, 2.45) is 0 Å². The fourth-order valence-electron chi connectivity index (χ4n) is 2.62. The lowest BCUT2D eigenvalue weighted by Gasteiger charge is -2.14. The van der Waals surface area contributed by atoms with Crippen molar-refractivity contribution < 1.29 is 19.1 Å². The zero-order valence-electron chi connectivity index (χ0n) is 13.3. The predicted octanol–water partition coefficient (Wildman–Crippen LogP) is 2.25. The number of hydrogen-bond acceptors (Lipinski definition) is 4. The van der Waals surface area contributed by atoms with E-state index in [-0.39, 0.29) is 11.5 Å². The molecule has 0 fully saturated rings. The number of nitrogens with zero attached hydrogens (tertiary/aromatic N) is 1. The number of carbonyl (C=O) groups is 3. The lowest BCUT2D eigenvalue weighted by Crippen LogP contribution is -2.29. The number of benzene rings is 2. The Kier molecular flexibility index (Phi) is 4.04. The van der Waals surface area contributed by atoms with Gasteiger partial charge in [-0.25, -0.2) is 4.90 Å². The molecule has 1 heterocycles. The first-order valence-electron chi connectivity index (χ1n) is 7.54. The van der Waals surface area contributed by atoms with Gasteiger partial charge in [-0.2, -0.15) is 0 Å². The van der Waals surface area contributed by atoms with Crippen molar-refractivity contribution in [2.45, 2.75) is 6.92 Å². The van der Waals surface area contributed by atoms with E-state index >= 15 is 0 Å². The Morgan fingerprint density at radius 1 is 1.04 bits per heavy atom. The molecule has 3 rings (SSSR count). The molecule has 0 saturated heterocycles. The van der Waals surface area contributed by atoms with Crippen molar-refractivity contribution in [1.29, 1.82) is 0 Å². The van der Waals surface area contributed by atoms with Crippen molar-refractivity contribution in [3.63, 3.8) is 0 Å². The molecule has 0 spiro atoms. The van der Waals surface area contributed by atoms with Gasteiger partial charge in [-0.15, -0.1) is 0 Å². The number of rotatable bonds is 4. The number of fused-ring (bicyclic) bond motifs is 1. The van der Waals surface area contributed by atoms with Gasteiger partial charge in [-0.3, -0.25) is 14.4 Å². The summed E-state index contributed by atoms with van der Waals surface area (Å²) in [7, 11) is 1.51. The van der Waals surface area contributed by atoms with Crippen LogP contribution in [0.25, 0.3) is 0 Å². The maximum atomic E-state index is 12.6. The minimum Gasteiger partial charge on any atom is -0.494 e. The molecule has 3 amide bonds. The zero-order chi connectivity index (χ0) is 17.3. The molecule has 6 nitrogen and oxygen atoms in total. The minimum atomic E-state index is -0.440. The summed E-state index contributed by atoms with van der Waals surface area (Å²) in [5.74, 6) is -0.482. The highest BCUT2D eigenvalue weighted by Crippen LogP contribution is 2.30. The second kappa shape index (κ2) is 6.16. The van der Waals surface area contributed by atoms with Crippen LogP contribution in [0.3, 0.4) is 0 Å². The number of anilines is 1. The minimum absolute atomic E-state index is 0.231. The molecule has 1 aliphatic heterocycles. The van der Waals surface area contributed by atoms with E-state index in [2.05, 4.69) is 5.32 Å². The van der Waals surface area contributed by atoms with Gasteiger partial charge in [0.1, 0.15) is 5.75 Å². The number of imide groups is 1. The maximum Gasteiger partial charge on any atom is 0.266 e. The zero-order valence-corrected chi connectivity index (χ0v) is 13.3. The van der Waals surface area contributed by atoms with Crippen molar-refractivity contribution in [3.8, 4) is 5.75 Å². The number of ether oxygens (including phenoxy) is 1. The van der Waals surface area contributed by atoms with E-state index in [0.29, 0.717) is 29.2 Å². The van der Waals surface area contributed by atoms with E-state index in [4.69, 9.17) is 4.74 Å². The van der Waals surface area contributed by atoms with Crippen LogP contribution in [0.5, 0.6) is 5.75 Å². The number of carbonyl (C=O) groups excluding carboxylic acids is 3. The van der Waals surface area contributed by atoms with Gasteiger partial charge in [-0.1, -0.05) is 0 Å². The topological polar surface area (TPSA) is 75.7 Å². The van der Waals surface area contributed by atoms with Crippen LogP contribution in [-0.4, -0.2) is 31.4 Å². The first-order chi connectivity index (χ1) is 11.6. The van der Waals surface area contributed by atoms with Gasteiger partial charge in [0.15, 0.2) is 0 Å². The van der Waals surface area contributed by atoms with Crippen molar-refractivity contribution in [1.82, 2.24) is 5.32 Å². The highest BCUT2D eigenvalue weighted by molar-refractivity contribution is 6.34. The molecule has 2 aromatic carbocycles. The van der Waals surface area contributed by atoms with E-state index < -0.39 is 11.8 Å². The van der Waals surface area contributed by atoms with Crippen LogP contribution < -0.4 is 15.0 Å². The van der Waals surface area contributed by atoms with Crippen LogP contribution in [-0.2, 0) is 0 Å². The first-order valence-corrected chi connectivity index (χ1v) is 7.54. The average Bonchev–Trinajstić information content (AvgIpc) is 2.86. The lowest BCUT2D eigenvalue weighted by atomic mass is 10.1. The van der Waals surface area contributed by atoms with Gasteiger partial charge in [0.2, 0.25) is 0 Å². The summed E-state index contributed by atoms with van der Waals surface area (Å²) in [6.07, 6.45) is 0. The molecule has 0 radical (unpaired) electrons. The molecule has 24 heavy (non-hydrogen) atoms. The molecule has 1 aliphatic rings. The fraction of sp³-hybridized carbons (Fsp3) is 0.167. The van der Waals surface area contributed by atoms with Gasteiger partial charge in [0.05, 0.1) is 23.4 Å². The van der Waals surface area contributed by atoms with Crippen molar-refractivity contribution in [3.05, 3.63) is 59.2 Å². The smallest absolute Gasteiger partial charge is 0.266 e. The predicted molar refractivity (Wildman–Crippen MR) is 88.6 cm³/mol. The lowest BCUT2D eigenvalue weighted by molar-refractivity contribution is 0.0924. The normalized spacial score (nSPS) is 13.0. The van der Waals surface area contributed by atoms with E-state index in [1.807, 2.05) is 6.92 Å². The van der Waals surface area contributed by atoms with E-state index in [1.165, 1.54) is 25.2 Å².